The minimum absolute atomic E-state index is 0.216. The van der Waals surface area contributed by atoms with Gasteiger partial charge in [-0.15, -0.1) is 11.3 Å². The van der Waals surface area contributed by atoms with Gasteiger partial charge in [0.25, 0.3) is 5.91 Å². The minimum Gasteiger partial charge on any atom is -0.321 e. The first-order chi connectivity index (χ1) is 10.1. The Kier molecular flexibility index (Phi) is 3.32. The molecule has 0 saturated heterocycles. The maximum Gasteiger partial charge on any atom is 0.365 e. The van der Waals surface area contributed by atoms with Gasteiger partial charge in [-0.3, -0.25) is 4.79 Å². The van der Waals surface area contributed by atoms with Crippen molar-refractivity contribution < 1.29 is 4.79 Å². The van der Waals surface area contributed by atoms with Crippen LogP contribution in [0.15, 0.2) is 35.3 Å². The van der Waals surface area contributed by atoms with E-state index in [-0.39, 0.29) is 5.91 Å². The van der Waals surface area contributed by atoms with Crippen molar-refractivity contribution in [2.75, 3.05) is 5.32 Å². The zero-order valence-corrected chi connectivity index (χ0v) is 11.7. The van der Waals surface area contributed by atoms with Gasteiger partial charge in [0, 0.05) is 5.69 Å². The molecule has 3 aromatic rings. The summed E-state index contributed by atoms with van der Waals surface area (Å²) in [6.07, 6.45) is 1.54. The van der Waals surface area contributed by atoms with E-state index in [1.165, 1.54) is 11.3 Å². The highest BCUT2D eigenvalue weighted by Crippen LogP contribution is 2.16. The SMILES string of the molecule is Cc1ncc(C(=O)Nc2ccc(-n3nn[nH]c3=O)cc2)s1. The number of aryl methyl sites for hydroxylation is 1. The first kappa shape index (κ1) is 13.2. The molecule has 0 spiro atoms. The van der Waals surface area contributed by atoms with Gasteiger partial charge in [-0.05, 0) is 41.6 Å². The summed E-state index contributed by atoms with van der Waals surface area (Å²) < 4.78 is 1.12. The number of hydrogen-bond acceptors (Lipinski definition) is 6. The number of hydrogen-bond donors (Lipinski definition) is 2. The number of carbonyl (C=O) groups is 1. The van der Waals surface area contributed by atoms with Crippen LogP contribution < -0.4 is 11.0 Å². The number of thiazole rings is 1. The van der Waals surface area contributed by atoms with Crippen LogP contribution in [0.3, 0.4) is 0 Å². The van der Waals surface area contributed by atoms with Gasteiger partial charge in [0.2, 0.25) is 0 Å². The quantitative estimate of drug-likeness (QED) is 0.750. The third kappa shape index (κ3) is 2.72. The van der Waals surface area contributed by atoms with Gasteiger partial charge in [-0.2, -0.15) is 4.68 Å². The van der Waals surface area contributed by atoms with Crippen molar-refractivity contribution in [2.45, 2.75) is 6.92 Å². The second kappa shape index (κ2) is 5.29. The van der Waals surface area contributed by atoms with E-state index in [0.717, 1.165) is 9.69 Å². The van der Waals surface area contributed by atoms with Crippen molar-refractivity contribution in [3.63, 3.8) is 0 Å². The predicted octanol–water partition coefficient (Wildman–Crippen LogP) is 0.973. The second-order valence-corrected chi connectivity index (χ2v) is 5.40. The molecule has 0 aliphatic rings. The number of nitrogens with zero attached hydrogens (tertiary/aromatic N) is 4. The van der Waals surface area contributed by atoms with Crippen molar-refractivity contribution in [2.24, 2.45) is 0 Å². The van der Waals surface area contributed by atoms with Gasteiger partial charge in [-0.1, -0.05) is 0 Å². The van der Waals surface area contributed by atoms with Crippen LogP contribution in [0.25, 0.3) is 5.69 Å². The van der Waals surface area contributed by atoms with Crippen molar-refractivity contribution in [1.82, 2.24) is 25.2 Å². The Hall–Kier alpha value is -2.81. The second-order valence-electron chi connectivity index (χ2n) is 4.16. The molecule has 0 bridgehead atoms. The first-order valence-electron chi connectivity index (χ1n) is 5.98. The van der Waals surface area contributed by atoms with Crippen molar-refractivity contribution in [3.05, 3.63) is 50.8 Å². The lowest BCUT2D eigenvalue weighted by Gasteiger charge is -2.04. The highest BCUT2D eigenvalue weighted by Gasteiger charge is 2.09. The molecule has 0 unspecified atom stereocenters. The molecule has 0 aliphatic heterocycles. The summed E-state index contributed by atoms with van der Waals surface area (Å²) in [5.41, 5.74) is 0.749. The molecule has 2 aromatic heterocycles. The van der Waals surface area contributed by atoms with E-state index in [0.29, 0.717) is 16.3 Å². The zero-order chi connectivity index (χ0) is 14.8. The van der Waals surface area contributed by atoms with Crippen LogP contribution in [0.1, 0.15) is 14.7 Å². The van der Waals surface area contributed by atoms with Gasteiger partial charge in [0.05, 0.1) is 16.9 Å². The highest BCUT2D eigenvalue weighted by atomic mass is 32.1. The molecule has 3 rings (SSSR count). The van der Waals surface area contributed by atoms with E-state index in [4.69, 9.17) is 0 Å². The van der Waals surface area contributed by atoms with Crippen molar-refractivity contribution >= 4 is 22.9 Å². The topological polar surface area (TPSA) is 106 Å². The fourth-order valence-electron chi connectivity index (χ4n) is 1.71. The van der Waals surface area contributed by atoms with Gasteiger partial charge in [0.1, 0.15) is 4.88 Å². The predicted molar refractivity (Wildman–Crippen MR) is 76.8 cm³/mol. The van der Waals surface area contributed by atoms with E-state index >= 15 is 0 Å². The average Bonchev–Trinajstić information content (AvgIpc) is 3.08. The Morgan fingerprint density at radius 3 is 2.67 bits per heavy atom. The number of aromatic amines is 1. The lowest BCUT2D eigenvalue weighted by atomic mass is 10.3. The molecule has 0 saturated carbocycles. The maximum absolute atomic E-state index is 12.0. The van der Waals surface area contributed by atoms with E-state index in [1.54, 1.807) is 30.5 Å². The molecular weight excluding hydrogens is 292 g/mol. The normalized spacial score (nSPS) is 10.5. The van der Waals surface area contributed by atoms with Crippen LogP contribution >= 0.6 is 11.3 Å². The summed E-state index contributed by atoms with van der Waals surface area (Å²) in [6, 6.07) is 6.69. The van der Waals surface area contributed by atoms with Crippen LogP contribution in [-0.4, -0.2) is 31.1 Å². The summed E-state index contributed by atoms with van der Waals surface area (Å²) >= 11 is 1.33. The molecular formula is C12H10N6O2S. The molecule has 1 amide bonds. The van der Waals surface area contributed by atoms with Crippen LogP contribution in [-0.2, 0) is 0 Å². The Morgan fingerprint density at radius 2 is 2.10 bits per heavy atom. The molecule has 2 heterocycles. The number of benzene rings is 1. The molecule has 8 nitrogen and oxygen atoms in total. The molecule has 0 atom stereocenters. The van der Waals surface area contributed by atoms with Crippen LogP contribution in [0.4, 0.5) is 5.69 Å². The Bertz CT molecular complexity index is 832. The summed E-state index contributed by atoms with van der Waals surface area (Å²) in [5, 5.41) is 12.8. The fraction of sp³-hybridized carbons (Fsp3) is 0.0833. The van der Waals surface area contributed by atoms with E-state index < -0.39 is 5.69 Å². The fourth-order valence-corrected chi connectivity index (χ4v) is 2.38. The maximum atomic E-state index is 12.0. The van der Waals surface area contributed by atoms with E-state index in [1.807, 2.05) is 6.92 Å². The van der Waals surface area contributed by atoms with Gasteiger partial charge < -0.3 is 5.32 Å². The Balaban J connectivity index is 1.77. The number of aromatic nitrogens is 5. The molecule has 21 heavy (non-hydrogen) atoms. The van der Waals surface area contributed by atoms with Gasteiger partial charge in [-0.25, -0.2) is 14.9 Å². The summed E-state index contributed by atoms with van der Waals surface area (Å²) in [4.78, 5) is 27.9. The molecule has 0 aliphatic carbocycles. The van der Waals surface area contributed by atoms with Crippen LogP contribution in [0.2, 0.25) is 0 Å². The molecule has 0 radical (unpaired) electrons. The highest BCUT2D eigenvalue weighted by molar-refractivity contribution is 7.13. The Labute approximate surface area is 122 Å². The largest absolute Gasteiger partial charge is 0.365 e. The summed E-state index contributed by atoms with van der Waals surface area (Å²) in [5.74, 6) is -0.216. The molecule has 0 fully saturated rings. The monoisotopic (exact) mass is 302 g/mol. The van der Waals surface area contributed by atoms with E-state index in [9.17, 15) is 9.59 Å². The van der Waals surface area contributed by atoms with E-state index in [2.05, 4.69) is 25.8 Å². The molecule has 106 valence electrons. The van der Waals surface area contributed by atoms with Crippen LogP contribution in [0.5, 0.6) is 0 Å². The molecule has 1 aromatic carbocycles. The van der Waals surface area contributed by atoms with Crippen molar-refractivity contribution in [1.29, 1.82) is 0 Å². The minimum atomic E-state index is -0.424. The van der Waals surface area contributed by atoms with Gasteiger partial charge >= 0.3 is 5.69 Å². The average molecular weight is 302 g/mol. The van der Waals surface area contributed by atoms with Gasteiger partial charge in [0.15, 0.2) is 0 Å². The smallest absolute Gasteiger partial charge is 0.321 e. The number of H-pyrrole nitrogens is 1. The van der Waals surface area contributed by atoms with Crippen molar-refractivity contribution in [3.8, 4) is 5.69 Å². The number of nitrogens with one attached hydrogen (secondary N) is 2. The third-order valence-corrected chi connectivity index (χ3v) is 3.60. The molecule has 2 N–H and O–H groups in total. The number of tetrazole rings is 1. The number of carbonyl (C=O) groups excluding carboxylic acids is 1. The Morgan fingerprint density at radius 1 is 1.33 bits per heavy atom. The number of anilines is 1. The first-order valence-corrected chi connectivity index (χ1v) is 6.80. The lowest BCUT2D eigenvalue weighted by molar-refractivity contribution is 0.103. The molecule has 9 heteroatoms. The zero-order valence-electron chi connectivity index (χ0n) is 10.9. The standard InChI is InChI=1S/C12H10N6O2S/c1-7-13-6-10(21-7)11(19)14-8-2-4-9(5-3-8)18-12(20)15-16-17-18/h2-6H,1H3,(H,14,19)(H,15,17,20). The lowest BCUT2D eigenvalue weighted by Crippen LogP contribution is -2.16. The summed E-state index contributed by atoms with van der Waals surface area (Å²) in [7, 11) is 0. The number of rotatable bonds is 3. The number of amides is 1. The summed E-state index contributed by atoms with van der Waals surface area (Å²) in [6.45, 7) is 1.84. The third-order valence-electron chi connectivity index (χ3n) is 2.69. The van der Waals surface area contributed by atoms with Crippen LogP contribution in [0, 0.1) is 6.92 Å².